The van der Waals surface area contributed by atoms with Crippen molar-refractivity contribution in [2.75, 3.05) is 26.2 Å². The van der Waals surface area contributed by atoms with Crippen LogP contribution in [0.3, 0.4) is 0 Å². The summed E-state index contributed by atoms with van der Waals surface area (Å²) in [7, 11) is 0. The lowest BCUT2D eigenvalue weighted by Crippen LogP contribution is -2.52. The molecule has 1 saturated heterocycles. The summed E-state index contributed by atoms with van der Waals surface area (Å²) in [5.74, 6) is 0.829. The average molecular weight is 422 g/mol. The molecule has 2 heterocycles. The van der Waals surface area contributed by atoms with Gasteiger partial charge in [-0.05, 0) is 45.0 Å². The molecule has 0 saturated carbocycles. The van der Waals surface area contributed by atoms with Crippen molar-refractivity contribution >= 4 is 35.2 Å². The zero-order chi connectivity index (χ0) is 20.3. The summed E-state index contributed by atoms with van der Waals surface area (Å²) < 4.78 is 5.13. The Hall–Kier alpha value is -1.99. The highest BCUT2D eigenvalue weighted by Crippen LogP contribution is 2.26. The Morgan fingerprint density at radius 1 is 1.14 bits per heavy atom. The molecule has 2 amide bonds. The van der Waals surface area contributed by atoms with E-state index < -0.39 is 0 Å². The third kappa shape index (κ3) is 4.89. The number of hydrogen-bond acceptors (Lipinski definition) is 5. The van der Waals surface area contributed by atoms with Gasteiger partial charge in [-0.1, -0.05) is 16.8 Å². The van der Waals surface area contributed by atoms with Crippen LogP contribution in [-0.4, -0.2) is 58.2 Å². The van der Waals surface area contributed by atoms with Gasteiger partial charge in [0.25, 0.3) is 0 Å². The third-order valence-corrected chi connectivity index (χ3v) is 6.28. The van der Waals surface area contributed by atoms with Crippen LogP contribution in [0.4, 0.5) is 0 Å². The summed E-state index contributed by atoms with van der Waals surface area (Å²) in [6, 6.07) is 7.49. The Kier molecular flexibility index (Phi) is 6.67. The molecule has 1 unspecified atom stereocenters. The van der Waals surface area contributed by atoms with Gasteiger partial charge >= 0.3 is 0 Å². The maximum atomic E-state index is 12.7. The lowest BCUT2D eigenvalue weighted by Gasteiger charge is -2.36. The topological polar surface area (TPSA) is 66.7 Å². The lowest BCUT2D eigenvalue weighted by molar-refractivity contribution is -0.138. The van der Waals surface area contributed by atoms with E-state index in [1.807, 2.05) is 54.8 Å². The van der Waals surface area contributed by atoms with Crippen molar-refractivity contribution in [2.45, 2.75) is 37.3 Å². The molecule has 1 fully saturated rings. The highest BCUT2D eigenvalue weighted by Gasteiger charge is 2.28. The second kappa shape index (κ2) is 9.01. The first-order valence-corrected chi connectivity index (χ1v) is 10.5. The summed E-state index contributed by atoms with van der Waals surface area (Å²) in [6.45, 7) is 7.78. The first-order chi connectivity index (χ1) is 13.3. The zero-order valence-electron chi connectivity index (χ0n) is 16.3. The van der Waals surface area contributed by atoms with Gasteiger partial charge in [0.1, 0.15) is 5.76 Å². The summed E-state index contributed by atoms with van der Waals surface area (Å²) in [4.78, 5) is 30.0. The molecule has 1 aliphatic heterocycles. The molecular formula is C20H24ClN3O3S. The van der Waals surface area contributed by atoms with E-state index >= 15 is 0 Å². The number of benzene rings is 1. The molecule has 6 nitrogen and oxygen atoms in total. The van der Waals surface area contributed by atoms with Crippen LogP contribution in [0.2, 0.25) is 5.02 Å². The van der Waals surface area contributed by atoms with Gasteiger partial charge in [-0.3, -0.25) is 9.59 Å². The first kappa shape index (κ1) is 20.7. The predicted octanol–water partition coefficient (Wildman–Crippen LogP) is 3.34. The van der Waals surface area contributed by atoms with Gasteiger partial charge in [0.2, 0.25) is 11.8 Å². The summed E-state index contributed by atoms with van der Waals surface area (Å²) >= 11 is 7.43. The van der Waals surface area contributed by atoms with E-state index in [0.717, 1.165) is 16.2 Å². The molecule has 3 rings (SSSR count). The fraction of sp³-hybridized carbons (Fsp3) is 0.450. The van der Waals surface area contributed by atoms with Crippen LogP contribution in [-0.2, 0) is 16.0 Å². The lowest BCUT2D eigenvalue weighted by atomic mass is 10.1. The van der Waals surface area contributed by atoms with Gasteiger partial charge in [0.15, 0.2) is 0 Å². The number of rotatable bonds is 5. The van der Waals surface area contributed by atoms with Crippen LogP contribution < -0.4 is 0 Å². The molecule has 1 aromatic carbocycles. The number of amides is 2. The Balaban J connectivity index is 1.50. The minimum absolute atomic E-state index is 0.0464. The molecule has 28 heavy (non-hydrogen) atoms. The number of thioether (sulfide) groups is 1. The number of hydrogen-bond donors (Lipinski definition) is 0. The van der Waals surface area contributed by atoms with Crippen LogP contribution >= 0.6 is 23.4 Å². The maximum Gasteiger partial charge on any atom is 0.235 e. The monoisotopic (exact) mass is 421 g/mol. The summed E-state index contributed by atoms with van der Waals surface area (Å²) in [5, 5.41) is 4.39. The number of halogens is 1. The van der Waals surface area contributed by atoms with Gasteiger partial charge < -0.3 is 14.3 Å². The first-order valence-electron chi connectivity index (χ1n) is 9.25. The van der Waals surface area contributed by atoms with Crippen LogP contribution in [0, 0.1) is 13.8 Å². The van der Waals surface area contributed by atoms with Gasteiger partial charge in [-0.2, -0.15) is 0 Å². The van der Waals surface area contributed by atoms with Crippen LogP contribution in [0.25, 0.3) is 0 Å². The molecular weight excluding hydrogens is 398 g/mol. The quantitative estimate of drug-likeness (QED) is 0.692. The van der Waals surface area contributed by atoms with E-state index in [1.165, 1.54) is 11.8 Å². The van der Waals surface area contributed by atoms with Crippen molar-refractivity contribution < 1.29 is 14.1 Å². The van der Waals surface area contributed by atoms with Crippen molar-refractivity contribution in [1.82, 2.24) is 15.0 Å². The van der Waals surface area contributed by atoms with E-state index in [-0.39, 0.29) is 23.5 Å². The number of carbonyl (C=O) groups excluding carboxylic acids is 2. The molecule has 0 N–H and O–H groups in total. The fourth-order valence-electron chi connectivity index (χ4n) is 3.22. The Morgan fingerprint density at radius 3 is 2.32 bits per heavy atom. The molecule has 1 atom stereocenters. The highest BCUT2D eigenvalue weighted by atomic mass is 35.5. The van der Waals surface area contributed by atoms with E-state index in [1.54, 1.807) is 0 Å². The second-order valence-corrected chi connectivity index (χ2v) is 8.75. The van der Waals surface area contributed by atoms with Crippen LogP contribution in [0.1, 0.15) is 23.9 Å². The number of aryl methyl sites for hydroxylation is 2. The van der Waals surface area contributed by atoms with Gasteiger partial charge in [-0.25, -0.2) is 0 Å². The standard InChI is InChI=1S/C20H24ClN3O3S/c1-13-18(14(2)27-22-13)12-19(25)23-8-10-24(11-9-23)20(26)15(3)28-17-6-4-16(21)5-7-17/h4-7,15H,8-12H2,1-3H3. The van der Waals surface area contributed by atoms with E-state index in [0.29, 0.717) is 37.0 Å². The molecule has 0 spiro atoms. The molecule has 8 heteroatoms. The third-order valence-electron chi connectivity index (χ3n) is 4.93. The van der Waals surface area contributed by atoms with Crippen molar-refractivity contribution in [3.63, 3.8) is 0 Å². The van der Waals surface area contributed by atoms with E-state index in [4.69, 9.17) is 16.1 Å². The molecule has 0 radical (unpaired) electrons. The van der Waals surface area contributed by atoms with Crippen LogP contribution in [0.15, 0.2) is 33.7 Å². The molecule has 2 aromatic rings. The minimum atomic E-state index is -0.189. The number of carbonyl (C=O) groups is 2. The molecule has 0 aliphatic carbocycles. The number of piperazine rings is 1. The second-order valence-electron chi connectivity index (χ2n) is 6.90. The maximum absolute atomic E-state index is 12.7. The number of aromatic nitrogens is 1. The molecule has 0 bridgehead atoms. The van der Waals surface area contributed by atoms with Gasteiger partial charge in [-0.15, -0.1) is 11.8 Å². The smallest absolute Gasteiger partial charge is 0.235 e. The largest absolute Gasteiger partial charge is 0.361 e. The van der Waals surface area contributed by atoms with Gasteiger partial charge in [0.05, 0.1) is 17.4 Å². The molecule has 1 aliphatic rings. The van der Waals surface area contributed by atoms with Crippen molar-refractivity contribution in [3.05, 3.63) is 46.3 Å². The minimum Gasteiger partial charge on any atom is -0.361 e. The van der Waals surface area contributed by atoms with Crippen LogP contribution in [0.5, 0.6) is 0 Å². The number of nitrogens with zero attached hydrogens (tertiary/aromatic N) is 3. The molecule has 150 valence electrons. The van der Waals surface area contributed by atoms with Crippen molar-refractivity contribution in [2.24, 2.45) is 0 Å². The summed E-state index contributed by atoms with van der Waals surface area (Å²) in [5.41, 5.74) is 1.62. The SMILES string of the molecule is Cc1noc(C)c1CC(=O)N1CCN(C(=O)C(C)Sc2ccc(Cl)cc2)CC1. The highest BCUT2D eigenvalue weighted by molar-refractivity contribution is 8.00. The van der Waals surface area contributed by atoms with E-state index in [2.05, 4.69) is 5.16 Å². The van der Waals surface area contributed by atoms with Crippen molar-refractivity contribution in [3.8, 4) is 0 Å². The fourth-order valence-corrected chi connectivity index (χ4v) is 4.30. The predicted molar refractivity (Wildman–Crippen MR) is 110 cm³/mol. The normalized spacial score (nSPS) is 15.6. The Labute approximate surface area is 174 Å². The van der Waals surface area contributed by atoms with E-state index in [9.17, 15) is 9.59 Å². The average Bonchev–Trinajstić information content (AvgIpc) is 3.01. The van der Waals surface area contributed by atoms with Crippen molar-refractivity contribution in [1.29, 1.82) is 0 Å². The van der Waals surface area contributed by atoms with Gasteiger partial charge in [0, 0.05) is 41.7 Å². The summed E-state index contributed by atoms with van der Waals surface area (Å²) in [6.07, 6.45) is 0.290. The zero-order valence-corrected chi connectivity index (χ0v) is 17.8. The Bertz CT molecular complexity index is 825. The Morgan fingerprint density at radius 2 is 1.75 bits per heavy atom. The molecule has 1 aromatic heterocycles.